The number of sulfonamides is 1. The zero-order valence-electron chi connectivity index (χ0n) is 10.5. The Kier molecular flexibility index (Phi) is 4.07. The SMILES string of the molecule is CC1OCCC1NS(=O)(=O)C(C)CNC1CC1. The Hall–Kier alpha value is -0.170. The van der Waals surface area contributed by atoms with Gasteiger partial charge in [-0.15, -0.1) is 0 Å². The molecule has 5 nitrogen and oxygen atoms in total. The molecule has 1 saturated carbocycles. The maximum atomic E-state index is 12.1. The maximum Gasteiger partial charge on any atom is 0.215 e. The molecule has 0 aromatic carbocycles. The van der Waals surface area contributed by atoms with Gasteiger partial charge < -0.3 is 10.1 Å². The molecule has 1 heterocycles. The molecular weight excluding hydrogens is 240 g/mol. The highest BCUT2D eigenvalue weighted by Crippen LogP contribution is 2.19. The predicted octanol–water partition coefficient (Wildman–Crippen LogP) is 0.224. The molecule has 0 aromatic rings. The zero-order chi connectivity index (χ0) is 12.5. The van der Waals surface area contributed by atoms with Crippen LogP contribution in [0.1, 0.15) is 33.1 Å². The van der Waals surface area contributed by atoms with Crippen LogP contribution in [-0.2, 0) is 14.8 Å². The molecule has 1 saturated heterocycles. The Morgan fingerprint density at radius 1 is 1.35 bits per heavy atom. The van der Waals surface area contributed by atoms with Crippen molar-refractivity contribution in [3.8, 4) is 0 Å². The van der Waals surface area contributed by atoms with Crippen LogP contribution < -0.4 is 10.0 Å². The number of hydrogen-bond donors (Lipinski definition) is 2. The van der Waals surface area contributed by atoms with Crippen molar-refractivity contribution < 1.29 is 13.2 Å². The molecule has 2 fully saturated rings. The fraction of sp³-hybridized carbons (Fsp3) is 1.00. The number of hydrogen-bond acceptors (Lipinski definition) is 4. The van der Waals surface area contributed by atoms with Gasteiger partial charge in [-0.2, -0.15) is 0 Å². The fourth-order valence-corrected chi connectivity index (χ4v) is 3.22. The minimum atomic E-state index is -3.24. The van der Waals surface area contributed by atoms with Crippen molar-refractivity contribution in [3.05, 3.63) is 0 Å². The summed E-state index contributed by atoms with van der Waals surface area (Å²) in [5, 5.41) is 2.86. The Morgan fingerprint density at radius 3 is 2.59 bits per heavy atom. The van der Waals surface area contributed by atoms with Crippen molar-refractivity contribution in [1.82, 2.24) is 10.0 Å². The Morgan fingerprint density at radius 2 is 2.06 bits per heavy atom. The van der Waals surface area contributed by atoms with Gasteiger partial charge in [0.25, 0.3) is 0 Å². The van der Waals surface area contributed by atoms with Crippen molar-refractivity contribution in [1.29, 1.82) is 0 Å². The van der Waals surface area contributed by atoms with Crippen LogP contribution >= 0.6 is 0 Å². The molecular formula is C11H22N2O3S. The first-order valence-corrected chi connectivity index (χ1v) is 7.90. The second-order valence-corrected chi connectivity index (χ2v) is 7.26. The molecule has 0 bridgehead atoms. The van der Waals surface area contributed by atoms with Gasteiger partial charge in [0.05, 0.1) is 11.4 Å². The van der Waals surface area contributed by atoms with Crippen LogP contribution in [-0.4, -0.2) is 45.0 Å². The van der Waals surface area contributed by atoms with Crippen LogP contribution in [0.4, 0.5) is 0 Å². The van der Waals surface area contributed by atoms with E-state index in [0.29, 0.717) is 19.2 Å². The van der Waals surface area contributed by atoms with Gasteiger partial charge >= 0.3 is 0 Å². The zero-order valence-corrected chi connectivity index (χ0v) is 11.3. The van der Waals surface area contributed by atoms with E-state index in [2.05, 4.69) is 10.0 Å². The van der Waals surface area contributed by atoms with Gasteiger partial charge in [0, 0.05) is 25.2 Å². The molecule has 1 aliphatic heterocycles. The molecule has 0 radical (unpaired) electrons. The van der Waals surface area contributed by atoms with Crippen molar-refractivity contribution in [2.24, 2.45) is 0 Å². The molecule has 0 aromatic heterocycles. The number of rotatable bonds is 6. The van der Waals surface area contributed by atoms with E-state index in [1.165, 1.54) is 12.8 Å². The molecule has 2 N–H and O–H groups in total. The predicted molar refractivity (Wildman–Crippen MR) is 66.4 cm³/mol. The van der Waals surface area contributed by atoms with Crippen LogP contribution in [0, 0.1) is 0 Å². The first-order valence-electron chi connectivity index (χ1n) is 6.35. The summed E-state index contributed by atoms with van der Waals surface area (Å²) in [5.41, 5.74) is 0. The molecule has 3 unspecified atom stereocenters. The average Bonchev–Trinajstić information content (AvgIpc) is 3.01. The average molecular weight is 262 g/mol. The van der Waals surface area contributed by atoms with E-state index in [1.807, 2.05) is 6.92 Å². The van der Waals surface area contributed by atoms with Gasteiger partial charge in [-0.3, -0.25) is 0 Å². The van der Waals surface area contributed by atoms with Crippen molar-refractivity contribution in [2.45, 2.75) is 56.5 Å². The van der Waals surface area contributed by atoms with E-state index < -0.39 is 15.3 Å². The summed E-state index contributed by atoms with van der Waals surface area (Å²) in [6.45, 7) is 4.83. The van der Waals surface area contributed by atoms with Crippen LogP contribution in [0.3, 0.4) is 0 Å². The highest BCUT2D eigenvalue weighted by atomic mass is 32.2. The number of nitrogens with one attached hydrogen (secondary N) is 2. The van der Waals surface area contributed by atoms with Crippen molar-refractivity contribution in [2.75, 3.05) is 13.2 Å². The minimum absolute atomic E-state index is 0.0200. The largest absolute Gasteiger partial charge is 0.377 e. The van der Waals surface area contributed by atoms with E-state index in [4.69, 9.17) is 4.74 Å². The van der Waals surface area contributed by atoms with Gasteiger partial charge in [-0.05, 0) is 33.1 Å². The molecule has 100 valence electrons. The molecule has 2 rings (SSSR count). The number of ether oxygens (including phenoxy) is 1. The van der Waals surface area contributed by atoms with Crippen LogP contribution in [0.25, 0.3) is 0 Å². The van der Waals surface area contributed by atoms with Gasteiger partial charge in [0.15, 0.2) is 0 Å². The second-order valence-electron chi connectivity index (χ2n) is 5.13. The first-order chi connectivity index (χ1) is 7.99. The highest BCUT2D eigenvalue weighted by Gasteiger charge is 2.32. The van der Waals surface area contributed by atoms with E-state index >= 15 is 0 Å². The van der Waals surface area contributed by atoms with Crippen molar-refractivity contribution >= 4 is 10.0 Å². The first kappa shape index (κ1) is 13.3. The van der Waals surface area contributed by atoms with E-state index in [9.17, 15) is 8.42 Å². The summed E-state index contributed by atoms with van der Waals surface area (Å²) >= 11 is 0. The lowest BCUT2D eigenvalue weighted by Gasteiger charge is -2.20. The Bertz CT molecular complexity index is 354. The third-order valence-corrected chi connectivity index (χ3v) is 5.35. The van der Waals surface area contributed by atoms with Gasteiger partial charge in [0.1, 0.15) is 0 Å². The second kappa shape index (κ2) is 5.22. The molecule has 0 spiro atoms. The Labute approximate surface area is 103 Å². The third-order valence-electron chi connectivity index (χ3n) is 3.49. The summed E-state index contributed by atoms with van der Waals surface area (Å²) in [7, 11) is -3.24. The fourth-order valence-electron chi connectivity index (χ4n) is 1.94. The van der Waals surface area contributed by atoms with E-state index in [0.717, 1.165) is 6.42 Å². The maximum absolute atomic E-state index is 12.1. The molecule has 1 aliphatic carbocycles. The molecule has 17 heavy (non-hydrogen) atoms. The molecule has 6 heteroatoms. The summed E-state index contributed by atoms with van der Waals surface area (Å²) in [6, 6.07) is 0.477. The third kappa shape index (κ3) is 3.64. The van der Waals surface area contributed by atoms with E-state index in [1.54, 1.807) is 6.92 Å². The van der Waals surface area contributed by atoms with Crippen LogP contribution in [0.2, 0.25) is 0 Å². The minimum Gasteiger partial charge on any atom is -0.377 e. The summed E-state index contributed by atoms with van der Waals surface area (Å²) in [5.74, 6) is 0. The lowest BCUT2D eigenvalue weighted by atomic mass is 10.2. The lowest BCUT2D eigenvalue weighted by molar-refractivity contribution is 0.116. The molecule has 0 amide bonds. The summed E-state index contributed by atoms with van der Waals surface area (Å²) < 4.78 is 32.2. The lowest BCUT2D eigenvalue weighted by Crippen LogP contribution is -2.46. The highest BCUT2D eigenvalue weighted by molar-refractivity contribution is 7.90. The van der Waals surface area contributed by atoms with Gasteiger partial charge in [-0.25, -0.2) is 13.1 Å². The van der Waals surface area contributed by atoms with Crippen molar-refractivity contribution in [3.63, 3.8) is 0 Å². The van der Waals surface area contributed by atoms with Crippen LogP contribution in [0.5, 0.6) is 0 Å². The monoisotopic (exact) mass is 262 g/mol. The standard InChI is InChI=1S/C11H22N2O3S/c1-8(7-12-10-3-4-10)17(14,15)13-11-5-6-16-9(11)2/h8-13H,3-7H2,1-2H3. The topological polar surface area (TPSA) is 67.4 Å². The van der Waals surface area contributed by atoms with Gasteiger partial charge in [-0.1, -0.05) is 0 Å². The van der Waals surface area contributed by atoms with E-state index in [-0.39, 0.29) is 12.1 Å². The van der Waals surface area contributed by atoms with Crippen LogP contribution in [0.15, 0.2) is 0 Å². The smallest absolute Gasteiger partial charge is 0.215 e. The quantitative estimate of drug-likeness (QED) is 0.719. The van der Waals surface area contributed by atoms with Gasteiger partial charge in [0.2, 0.25) is 10.0 Å². The molecule has 3 atom stereocenters. The summed E-state index contributed by atoms with van der Waals surface area (Å²) in [4.78, 5) is 0. The normalized spacial score (nSPS) is 31.6. The Balaban J connectivity index is 1.83. The summed E-state index contributed by atoms with van der Waals surface area (Å²) in [6.07, 6.45) is 3.10. The molecule has 2 aliphatic rings.